The molecular formula is C21H23NO5. The highest BCUT2D eigenvalue weighted by atomic mass is 16.7. The zero-order valence-electron chi connectivity index (χ0n) is 15.7. The fraction of sp³-hybridized carbons (Fsp3) is 0.286. The molecule has 1 N–H and O–H groups in total. The van der Waals surface area contributed by atoms with Crippen LogP contribution in [0.25, 0.3) is 0 Å². The number of benzene rings is 2. The van der Waals surface area contributed by atoms with Gasteiger partial charge < -0.3 is 24.3 Å². The molecule has 6 nitrogen and oxygen atoms in total. The zero-order valence-corrected chi connectivity index (χ0v) is 15.7. The van der Waals surface area contributed by atoms with Crippen LogP contribution in [0.5, 0.6) is 23.0 Å². The molecule has 0 saturated carbocycles. The number of carbonyl (C=O) groups excluding carboxylic acids is 1. The molecule has 0 spiro atoms. The molecule has 3 rings (SSSR count). The lowest BCUT2D eigenvalue weighted by Crippen LogP contribution is -2.26. The van der Waals surface area contributed by atoms with E-state index in [0.29, 0.717) is 35.0 Å². The van der Waals surface area contributed by atoms with Crippen molar-refractivity contribution in [3.63, 3.8) is 0 Å². The Kier molecular flexibility index (Phi) is 5.54. The maximum Gasteiger partial charge on any atom is 0.251 e. The maximum atomic E-state index is 12.8. The number of ether oxygens (including phenoxy) is 4. The second kappa shape index (κ2) is 8.03. The van der Waals surface area contributed by atoms with Crippen molar-refractivity contribution < 1.29 is 23.7 Å². The van der Waals surface area contributed by atoms with Crippen molar-refractivity contribution in [3.8, 4) is 23.0 Å². The van der Waals surface area contributed by atoms with Crippen LogP contribution in [-0.2, 0) is 6.42 Å². The van der Waals surface area contributed by atoms with Gasteiger partial charge in [-0.1, -0.05) is 12.1 Å². The lowest BCUT2D eigenvalue weighted by atomic mass is 10.0. The zero-order chi connectivity index (χ0) is 19.4. The first-order chi connectivity index (χ1) is 13.1. The Morgan fingerprint density at radius 1 is 1.22 bits per heavy atom. The van der Waals surface area contributed by atoms with Gasteiger partial charge in [-0.15, -0.1) is 6.58 Å². The highest BCUT2D eigenvalue weighted by molar-refractivity contribution is 5.95. The molecule has 1 aliphatic rings. The highest BCUT2D eigenvalue weighted by Gasteiger charge is 2.19. The van der Waals surface area contributed by atoms with Crippen LogP contribution < -0.4 is 24.3 Å². The van der Waals surface area contributed by atoms with Gasteiger partial charge in [-0.05, 0) is 43.2 Å². The Labute approximate surface area is 158 Å². The lowest BCUT2D eigenvalue weighted by Gasteiger charge is -2.17. The topological polar surface area (TPSA) is 66.0 Å². The summed E-state index contributed by atoms with van der Waals surface area (Å²) in [6.45, 7) is 5.90. The van der Waals surface area contributed by atoms with Crippen molar-refractivity contribution in [1.82, 2.24) is 5.32 Å². The number of methoxy groups -OCH3 is 2. The third-order valence-corrected chi connectivity index (χ3v) is 4.43. The molecule has 6 heteroatoms. The van der Waals surface area contributed by atoms with E-state index in [1.807, 2.05) is 25.1 Å². The number of amides is 1. The van der Waals surface area contributed by atoms with E-state index in [1.165, 1.54) is 0 Å². The molecule has 1 heterocycles. The second-order valence-corrected chi connectivity index (χ2v) is 6.17. The van der Waals surface area contributed by atoms with Gasteiger partial charge in [0.15, 0.2) is 23.0 Å². The van der Waals surface area contributed by atoms with Gasteiger partial charge in [0.1, 0.15) is 0 Å². The molecular weight excluding hydrogens is 346 g/mol. The monoisotopic (exact) mass is 369 g/mol. The number of fused-ring (bicyclic) bond motifs is 1. The third kappa shape index (κ3) is 3.84. The quantitative estimate of drug-likeness (QED) is 0.755. The minimum absolute atomic E-state index is 0.202. The van der Waals surface area contributed by atoms with Crippen LogP contribution in [-0.4, -0.2) is 26.9 Å². The van der Waals surface area contributed by atoms with Crippen molar-refractivity contribution in [2.24, 2.45) is 0 Å². The molecule has 27 heavy (non-hydrogen) atoms. The molecule has 0 aliphatic carbocycles. The van der Waals surface area contributed by atoms with E-state index in [1.54, 1.807) is 32.4 Å². The van der Waals surface area contributed by atoms with Gasteiger partial charge in [-0.3, -0.25) is 4.79 Å². The van der Waals surface area contributed by atoms with Gasteiger partial charge in [0.25, 0.3) is 5.91 Å². The van der Waals surface area contributed by atoms with Crippen LogP contribution in [0, 0.1) is 0 Å². The number of allylic oxidation sites excluding steroid dienone is 1. The van der Waals surface area contributed by atoms with Gasteiger partial charge in [-0.2, -0.15) is 0 Å². The van der Waals surface area contributed by atoms with Crippen LogP contribution in [0.2, 0.25) is 0 Å². The van der Waals surface area contributed by atoms with Crippen LogP contribution in [0.3, 0.4) is 0 Å². The second-order valence-electron chi connectivity index (χ2n) is 6.17. The summed E-state index contributed by atoms with van der Waals surface area (Å²) in [6.07, 6.45) is 2.33. The van der Waals surface area contributed by atoms with Gasteiger partial charge in [0, 0.05) is 11.1 Å². The van der Waals surface area contributed by atoms with E-state index in [-0.39, 0.29) is 18.7 Å². The van der Waals surface area contributed by atoms with Crippen molar-refractivity contribution in [3.05, 3.63) is 59.7 Å². The average molecular weight is 369 g/mol. The molecule has 0 aromatic heterocycles. The Bertz CT molecular complexity index is 862. The lowest BCUT2D eigenvalue weighted by molar-refractivity contribution is 0.0939. The molecule has 1 amide bonds. The molecule has 142 valence electrons. The Balaban J connectivity index is 1.82. The van der Waals surface area contributed by atoms with Crippen LogP contribution in [0.4, 0.5) is 0 Å². The van der Waals surface area contributed by atoms with Gasteiger partial charge in [0.05, 0.1) is 20.3 Å². The summed E-state index contributed by atoms with van der Waals surface area (Å²) in [5.41, 5.74) is 2.27. The van der Waals surface area contributed by atoms with Gasteiger partial charge in [0.2, 0.25) is 6.79 Å². The summed E-state index contributed by atoms with van der Waals surface area (Å²) in [6, 6.07) is 8.90. The SMILES string of the molecule is C=CCc1cc(C(=O)NC(C)c2ccc3c(c2)OCO3)cc(OC)c1OC. The number of hydrogen-bond donors (Lipinski definition) is 1. The van der Waals surface area contributed by atoms with E-state index in [2.05, 4.69) is 11.9 Å². The van der Waals surface area contributed by atoms with Crippen molar-refractivity contribution in [2.75, 3.05) is 21.0 Å². The maximum absolute atomic E-state index is 12.8. The first kappa shape index (κ1) is 18.6. The first-order valence-electron chi connectivity index (χ1n) is 8.63. The van der Waals surface area contributed by atoms with Gasteiger partial charge >= 0.3 is 0 Å². The van der Waals surface area contributed by atoms with E-state index in [4.69, 9.17) is 18.9 Å². The summed E-state index contributed by atoms with van der Waals surface area (Å²) >= 11 is 0. The number of carbonyl (C=O) groups is 1. The summed E-state index contributed by atoms with van der Waals surface area (Å²) in [7, 11) is 3.12. The van der Waals surface area contributed by atoms with Gasteiger partial charge in [-0.25, -0.2) is 0 Å². The van der Waals surface area contributed by atoms with Crippen LogP contribution in [0.15, 0.2) is 43.0 Å². The van der Waals surface area contributed by atoms with E-state index in [9.17, 15) is 4.79 Å². The average Bonchev–Trinajstić information content (AvgIpc) is 3.15. The number of nitrogens with one attached hydrogen (secondary N) is 1. The molecule has 0 fully saturated rings. The highest BCUT2D eigenvalue weighted by Crippen LogP contribution is 2.35. The third-order valence-electron chi connectivity index (χ3n) is 4.43. The van der Waals surface area contributed by atoms with E-state index < -0.39 is 0 Å². The normalized spacial score (nSPS) is 13.0. The minimum atomic E-state index is -0.206. The molecule has 0 saturated heterocycles. The summed E-state index contributed by atoms with van der Waals surface area (Å²) in [4.78, 5) is 12.8. The standard InChI is InChI=1S/C21H23NO5/c1-5-6-15-9-16(11-19(24-3)20(15)25-4)21(23)22-13(2)14-7-8-17-18(10-14)27-12-26-17/h5,7-11,13H,1,6,12H2,2-4H3,(H,22,23). The fourth-order valence-electron chi connectivity index (χ4n) is 3.03. The summed E-state index contributed by atoms with van der Waals surface area (Å²) in [5.74, 6) is 2.32. The van der Waals surface area contributed by atoms with Crippen LogP contribution in [0.1, 0.15) is 34.5 Å². The Morgan fingerprint density at radius 2 is 2.00 bits per heavy atom. The van der Waals surface area contributed by atoms with E-state index >= 15 is 0 Å². The predicted molar refractivity (Wildman–Crippen MR) is 102 cm³/mol. The van der Waals surface area contributed by atoms with Crippen molar-refractivity contribution in [1.29, 1.82) is 0 Å². The molecule has 1 atom stereocenters. The molecule has 1 aliphatic heterocycles. The molecule has 0 radical (unpaired) electrons. The van der Waals surface area contributed by atoms with Crippen LogP contribution >= 0.6 is 0 Å². The molecule has 2 aromatic rings. The summed E-state index contributed by atoms with van der Waals surface area (Å²) < 4.78 is 21.5. The van der Waals surface area contributed by atoms with Crippen molar-refractivity contribution >= 4 is 5.91 Å². The number of hydrogen-bond acceptors (Lipinski definition) is 5. The van der Waals surface area contributed by atoms with Crippen molar-refractivity contribution in [2.45, 2.75) is 19.4 Å². The number of rotatable bonds is 7. The smallest absolute Gasteiger partial charge is 0.251 e. The first-order valence-corrected chi connectivity index (χ1v) is 8.63. The Morgan fingerprint density at radius 3 is 2.70 bits per heavy atom. The van der Waals surface area contributed by atoms with E-state index in [0.717, 1.165) is 11.1 Å². The molecule has 0 bridgehead atoms. The predicted octanol–water partition coefficient (Wildman–Crippen LogP) is 3.65. The Hall–Kier alpha value is -3.15. The molecule has 1 unspecified atom stereocenters. The largest absolute Gasteiger partial charge is 0.493 e. The molecule has 2 aromatic carbocycles. The minimum Gasteiger partial charge on any atom is -0.493 e. The fourth-order valence-corrected chi connectivity index (χ4v) is 3.03. The summed E-state index contributed by atoms with van der Waals surface area (Å²) in [5, 5.41) is 3.00.